The fourth-order valence-electron chi connectivity index (χ4n) is 8.05. The first-order chi connectivity index (χ1) is 25.4. The molecule has 1 saturated carbocycles. The molecule has 1 aliphatic carbocycles. The summed E-state index contributed by atoms with van der Waals surface area (Å²) in [5.41, 5.74) is 4.05. The van der Waals surface area contributed by atoms with E-state index in [1.807, 2.05) is 34.9 Å². The predicted octanol–water partition coefficient (Wildman–Crippen LogP) is 5.27. The standard InChI is InChI=1S/C38H40N10O4/c1-52-33-17-31-28(16-32(33)42-37(50)27-15-25(18-39)19-40-20-27)23-48(44-31)29-6-4-24(5-7-29)22-45-12-8-26(9-13-45)30-3-2-11-46-35(21-41-36(30)46)47-14-10-34(49)43-38(47)51/h2-3,11,15-17,19-21,23-24,26,29H,4-10,12-14,22H2,1H3,(H,42,50)(H,43,49,51). The number of hydrogen-bond donors (Lipinski definition) is 2. The van der Waals surface area contributed by atoms with Crippen LogP contribution in [-0.2, 0) is 4.79 Å². The first-order valence-electron chi connectivity index (χ1n) is 17.9. The molecule has 4 aromatic heterocycles. The lowest BCUT2D eigenvalue weighted by Gasteiger charge is -2.36. The minimum atomic E-state index is -0.402. The number of likely N-dealkylation sites (tertiary alicyclic amines) is 1. The molecular weight excluding hydrogens is 660 g/mol. The van der Waals surface area contributed by atoms with Gasteiger partial charge in [-0.25, -0.2) is 9.78 Å². The Morgan fingerprint density at radius 2 is 1.88 bits per heavy atom. The number of nitriles is 1. The molecule has 0 radical (unpaired) electrons. The number of methoxy groups -OCH3 is 1. The number of ether oxygens (including phenoxy) is 1. The Morgan fingerprint density at radius 1 is 1.06 bits per heavy atom. The van der Waals surface area contributed by atoms with E-state index in [0.29, 0.717) is 52.8 Å². The Kier molecular flexibility index (Phi) is 9.02. The number of hydrogen-bond acceptors (Lipinski definition) is 9. The molecule has 3 aliphatic rings. The molecule has 0 bridgehead atoms. The Balaban J connectivity index is 0.859. The summed E-state index contributed by atoms with van der Waals surface area (Å²) in [5.74, 6) is 1.63. The number of benzene rings is 1. The van der Waals surface area contributed by atoms with E-state index in [4.69, 9.17) is 14.8 Å². The van der Waals surface area contributed by atoms with Crippen LogP contribution in [-0.4, -0.2) is 80.2 Å². The quantitative estimate of drug-likeness (QED) is 0.220. The molecule has 0 unspecified atom stereocenters. The van der Waals surface area contributed by atoms with Crippen LogP contribution in [0.15, 0.2) is 61.3 Å². The van der Waals surface area contributed by atoms with Crippen molar-refractivity contribution in [2.75, 3.05) is 43.5 Å². The topological polar surface area (TPSA) is 163 Å². The predicted molar refractivity (Wildman–Crippen MR) is 193 cm³/mol. The number of carbonyl (C=O) groups excluding carboxylic acids is 3. The Bertz CT molecular complexity index is 2200. The number of nitrogens with zero attached hydrogens (tertiary/aromatic N) is 8. The zero-order valence-electron chi connectivity index (χ0n) is 29.0. The van der Waals surface area contributed by atoms with Gasteiger partial charge in [0, 0.05) is 55.8 Å². The van der Waals surface area contributed by atoms with Crippen LogP contribution >= 0.6 is 0 Å². The van der Waals surface area contributed by atoms with E-state index in [1.54, 1.807) is 18.2 Å². The largest absolute Gasteiger partial charge is 0.494 e. The van der Waals surface area contributed by atoms with Gasteiger partial charge in [0.2, 0.25) is 5.91 Å². The van der Waals surface area contributed by atoms with Gasteiger partial charge in [-0.2, -0.15) is 10.4 Å². The maximum atomic E-state index is 12.9. The zero-order chi connectivity index (χ0) is 35.8. The molecule has 4 amide bonds. The molecular formula is C38H40N10O4. The van der Waals surface area contributed by atoms with E-state index in [1.165, 1.54) is 24.0 Å². The van der Waals surface area contributed by atoms with Crippen molar-refractivity contribution in [3.05, 3.63) is 78.0 Å². The number of aromatic nitrogens is 5. The number of pyridine rings is 2. The Morgan fingerprint density at radius 3 is 2.65 bits per heavy atom. The first-order valence-corrected chi connectivity index (χ1v) is 17.9. The molecule has 14 nitrogen and oxygen atoms in total. The van der Waals surface area contributed by atoms with Crippen molar-refractivity contribution in [1.29, 1.82) is 5.26 Å². The summed E-state index contributed by atoms with van der Waals surface area (Å²) in [6.07, 6.45) is 15.4. The fourth-order valence-corrected chi connectivity index (χ4v) is 8.05. The lowest BCUT2D eigenvalue weighted by Crippen LogP contribution is -2.50. The number of anilines is 2. The van der Waals surface area contributed by atoms with Gasteiger partial charge in [0.15, 0.2) is 0 Å². The third kappa shape index (κ3) is 6.55. The van der Waals surface area contributed by atoms with Crippen LogP contribution in [0.4, 0.5) is 16.3 Å². The van der Waals surface area contributed by atoms with E-state index in [-0.39, 0.29) is 18.2 Å². The van der Waals surface area contributed by atoms with Crippen LogP contribution in [0.5, 0.6) is 5.75 Å². The SMILES string of the molecule is COc1cc2nn(C3CCC(CN4CCC(c5cccn6c(N7CCC(=O)NC7=O)cnc56)CC4)CC3)cc2cc1NC(=O)c1cncc(C#N)c1. The van der Waals surface area contributed by atoms with Gasteiger partial charge in [0.05, 0.1) is 41.7 Å². The van der Waals surface area contributed by atoms with Crippen LogP contribution < -0.4 is 20.3 Å². The van der Waals surface area contributed by atoms with E-state index >= 15 is 0 Å². The average Bonchev–Trinajstić information content (AvgIpc) is 3.79. The molecule has 14 heteroatoms. The summed E-state index contributed by atoms with van der Waals surface area (Å²) in [5, 5.41) is 20.3. The second kappa shape index (κ2) is 14.1. The van der Waals surface area contributed by atoms with Gasteiger partial charge in [0.1, 0.15) is 23.3 Å². The van der Waals surface area contributed by atoms with Crippen molar-refractivity contribution >= 4 is 45.9 Å². The van der Waals surface area contributed by atoms with Gasteiger partial charge in [-0.3, -0.25) is 33.9 Å². The van der Waals surface area contributed by atoms with Gasteiger partial charge in [-0.1, -0.05) is 6.07 Å². The number of nitrogens with one attached hydrogen (secondary N) is 2. The van der Waals surface area contributed by atoms with E-state index in [9.17, 15) is 19.6 Å². The molecule has 1 aromatic carbocycles. The Hall–Kier alpha value is -5.81. The minimum absolute atomic E-state index is 0.247. The van der Waals surface area contributed by atoms with Gasteiger partial charge in [-0.05, 0) is 87.2 Å². The van der Waals surface area contributed by atoms with Crippen molar-refractivity contribution in [2.45, 2.75) is 56.9 Å². The smallest absolute Gasteiger partial charge is 0.329 e. The first kappa shape index (κ1) is 33.3. The average molecular weight is 701 g/mol. The molecule has 0 atom stereocenters. The highest BCUT2D eigenvalue weighted by atomic mass is 16.5. The normalized spacial score (nSPS) is 20.2. The Labute approximate surface area is 300 Å². The van der Waals surface area contributed by atoms with Gasteiger partial charge >= 0.3 is 6.03 Å². The number of fused-ring (bicyclic) bond motifs is 2. The second-order valence-electron chi connectivity index (χ2n) is 14.0. The maximum Gasteiger partial charge on any atom is 0.329 e. The van der Waals surface area contributed by atoms with Crippen LogP contribution in [0.2, 0.25) is 0 Å². The highest BCUT2D eigenvalue weighted by Gasteiger charge is 2.30. The molecule has 2 saturated heterocycles. The molecule has 266 valence electrons. The highest BCUT2D eigenvalue weighted by molar-refractivity contribution is 6.06. The number of carbonyl (C=O) groups is 3. The van der Waals surface area contributed by atoms with Crippen molar-refractivity contribution in [1.82, 2.24) is 34.4 Å². The van der Waals surface area contributed by atoms with Crippen LogP contribution in [0.25, 0.3) is 16.6 Å². The third-order valence-corrected chi connectivity index (χ3v) is 10.8. The summed E-state index contributed by atoms with van der Waals surface area (Å²) in [4.78, 5) is 50.0. The van der Waals surface area contributed by atoms with Crippen molar-refractivity contribution in [3.8, 4) is 11.8 Å². The molecule has 2 N–H and O–H groups in total. The summed E-state index contributed by atoms with van der Waals surface area (Å²) >= 11 is 0. The van der Waals surface area contributed by atoms with Crippen LogP contribution in [0, 0.1) is 17.2 Å². The second-order valence-corrected chi connectivity index (χ2v) is 14.0. The van der Waals surface area contributed by atoms with Gasteiger partial charge in [-0.15, -0.1) is 0 Å². The monoisotopic (exact) mass is 700 g/mol. The number of piperidine rings is 1. The number of rotatable bonds is 8. The summed E-state index contributed by atoms with van der Waals surface area (Å²) in [6, 6.07) is 11.4. The number of urea groups is 1. The fraction of sp³-hybridized carbons (Fsp3) is 0.395. The van der Waals surface area contributed by atoms with Gasteiger partial charge in [0.25, 0.3) is 5.91 Å². The number of imide groups is 1. The zero-order valence-corrected chi connectivity index (χ0v) is 29.0. The van der Waals surface area contributed by atoms with E-state index in [2.05, 4.69) is 37.5 Å². The molecule has 8 rings (SSSR count). The molecule has 5 aromatic rings. The molecule has 52 heavy (non-hydrogen) atoms. The molecule has 3 fully saturated rings. The molecule has 2 aliphatic heterocycles. The third-order valence-electron chi connectivity index (χ3n) is 10.8. The van der Waals surface area contributed by atoms with Crippen molar-refractivity contribution in [2.24, 2.45) is 5.92 Å². The summed E-state index contributed by atoms with van der Waals surface area (Å²) < 4.78 is 9.65. The molecule has 6 heterocycles. The number of imidazole rings is 1. The van der Waals surface area contributed by atoms with Gasteiger partial charge < -0.3 is 15.0 Å². The minimum Gasteiger partial charge on any atom is -0.494 e. The highest BCUT2D eigenvalue weighted by Crippen LogP contribution is 2.37. The van der Waals surface area contributed by atoms with Crippen molar-refractivity contribution in [3.63, 3.8) is 0 Å². The summed E-state index contributed by atoms with van der Waals surface area (Å²) in [7, 11) is 1.56. The maximum absolute atomic E-state index is 12.9. The lowest BCUT2D eigenvalue weighted by molar-refractivity contribution is -0.120. The lowest BCUT2D eigenvalue weighted by atomic mass is 9.84. The van der Waals surface area contributed by atoms with Crippen LogP contribution in [0.1, 0.15) is 78.4 Å². The van der Waals surface area contributed by atoms with Crippen LogP contribution in [0.3, 0.4) is 0 Å². The van der Waals surface area contributed by atoms with Crippen molar-refractivity contribution < 1.29 is 19.1 Å². The van der Waals surface area contributed by atoms with E-state index in [0.717, 1.165) is 74.7 Å². The molecule has 0 spiro atoms. The summed E-state index contributed by atoms with van der Waals surface area (Å²) in [6.45, 7) is 3.54. The number of amides is 4. The van der Waals surface area contributed by atoms with E-state index < -0.39 is 6.03 Å².